The number of benzene rings is 2. The minimum atomic E-state index is -0.534. The zero-order chi connectivity index (χ0) is 20.6. The van der Waals surface area contributed by atoms with Crippen molar-refractivity contribution in [3.8, 4) is 0 Å². The molecule has 0 unspecified atom stereocenters. The number of aromatic nitrogens is 1. The van der Waals surface area contributed by atoms with Crippen LogP contribution >= 0.6 is 0 Å². The Hall–Kier alpha value is -3.74. The Bertz CT molecular complexity index is 1010. The summed E-state index contributed by atoms with van der Waals surface area (Å²) in [6, 6.07) is 16.5. The van der Waals surface area contributed by atoms with Gasteiger partial charge in [0.15, 0.2) is 0 Å². The van der Waals surface area contributed by atoms with Crippen molar-refractivity contribution < 1.29 is 18.7 Å². The SMILES string of the molecule is COC(=O)c1ccccc1NC(=O)c1ccc(NCCc2ccccc2F)nc1. The maximum Gasteiger partial charge on any atom is 0.339 e. The Morgan fingerprint density at radius 1 is 1.03 bits per heavy atom. The molecule has 3 aromatic rings. The van der Waals surface area contributed by atoms with Gasteiger partial charge in [-0.15, -0.1) is 0 Å². The molecule has 1 amide bonds. The number of hydrogen-bond donors (Lipinski definition) is 2. The van der Waals surface area contributed by atoms with Crippen LogP contribution in [0.2, 0.25) is 0 Å². The second kappa shape index (κ2) is 9.45. The highest BCUT2D eigenvalue weighted by molar-refractivity contribution is 6.07. The van der Waals surface area contributed by atoms with Gasteiger partial charge in [0.05, 0.1) is 23.9 Å². The first-order valence-corrected chi connectivity index (χ1v) is 9.00. The number of carbonyl (C=O) groups excluding carboxylic acids is 2. The fourth-order valence-electron chi connectivity index (χ4n) is 2.73. The zero-order valence-corrected chi connectivity index (χ0v) is 15.8. The molecule has 0 aliphatic carbocycles. The molecule has 1 aromatic heterocycles. The van der Waals surface area contributed by atoms with Crippen LogP contribution in [0, 0.1) is 5.82 Å². The van der Waals surface area contributed by atoms with Crippen molar-refractivity contribution in [2.75, 3.05) is 24.3 Å². The van der Waals surface area contributed by atoms with E-state index in [1.54, 1.807) is 54.6 Å². The normalized spacial score (nSPS) is 10.3. The van der Waals surface area contributed by atoms with E-state index in [-0.39, 0.29) is 11.4 Å². The van der Waals surface area contributed by atoms with E-state index in [1.165, 1.54) is 19.4 Å². The number of carbonyl (C=O) groups is 2. The largest absolute Gasteiger partial charge is 0.465 e. The number of nitrogens with one attached hydrogen (secondary N) is 2. The van der Waals surface area contributed by atoms with Crippen molar-refractivity contribution in [1.82, 2.24) is 4.98 Å². The van der Waals surface area contributed by atoms with Crippen molar-refractivity contribution in [2.24, 2.45) is 0 Å². The highest BCUT2D eigenvalue weighted by atomic mass is 19.1. The third kappa shape index (κ3) is 5.16. The molecule has 0 aliphatic heterocycles. The van der Waals surface area contributed by atoms with Crippen LogP contribution in [0.5, 0.6) is 0 Å². The number of para-hydroxylation sites is 1. The highest BCUT2D eigenvalue weighted by Crippen LogP contribution is 2.17. The number of pyridine rings is 1. The quantitative estimate of drug-likeness (QED) is 0.595. The lowest BCUT2D eigenvalue weighted by Gasteiger charge is -2.10. The molecule has 3 rings (SSSR count). The lowest BCUT2D eigenvalue weighted by molar-refractivity contribution is 0.0602. The molecule has 0 spiro atoms. The van der Waals surface area contributed by atoms with E-state index in [0.717, 1.165) is 0 Å². The van der Waals surface area contributed by atoms with Gasteiger partial charge in [0, 0.05) is 12.7 Å². The fraction of sp³-hybridized carbons (Fsp3) is 0.136. The minimum Gasteiger partial charge on any atom is -0.465 e. The van der Waals surface area contributed by atoms with Crippen LogP contribution in [0.25, 0.3) is 0 Å². The molecule has 0 radical (unpaired) electrons. The molecule has 0 aliphatic rings. The van der Waals surface area contributed by atoms with Gasteiger partial charge in [-0.05, 0) is 42.3 Å². The van der Waals surface area contributed by atoms with Gasteiger partial charge in [0.2, 0.25) is 0 Å². The van der Waals surface area contributed by atoms with Crippen molar-refractivity contribution in [1.29, 1.82) is 0 Å². The summed E-state index contributed by atoms with van der Waals surface area (Å²) in [5, 5.41) is 5.79. The van der Waals surface area contributed by atoms with Gasteiger partial charge >= 0.3 is 5.97 Å². The van der Waals surface area contributed by atoms with E-state index >= 15 is 0 Å². The predicted octanol–water partition coefficient (Wildman–Crippen LogP) is 3.91. The van der Waals surface area contributed by atoms with Crippen molar-refractivity contribution in [3.63, 3.8) is 0 Å². The summed E-state index contributed by atoms with van der Waals surface area (Å²) in [4.78, 5) is 28.5. The maximum absolute atomic E-state index is 13.6. The molecule has 1 heterocycles. The standard InChI is InChI=1S/C22H20FN3O3/c1-29-22(28)17-7-3-5-9-19(17)26-21(27)16-10-11-20(25-14-16)24-13-12-15-6-2-4-8-18(15)23/h2-11,14H,12-13H2,1H3,(H,24,25)(H,26,27). The smallest absolute Gasteiger partial charge is 0.339 e. The molecule has 2 aromatic carbocycles. The van der Waals surface area contributed by atoms with E-state index in [2.05, 4.69) is 15.6 Å². The average Bonchev–Trinajstić information content (AvgIpc) is 2.75. The van der Waals surface area contributed by atoms with Crippen LogP contribution in [-0.4, -0.2) is 30.5 Å². The van der Waals surface area contributed by atoms with Crippen LogP contribution in [-0.2, 0) is 11.2 Å². The molecule has 0 atom stereocenters. The van der Waals surface area contributed by atoms with Gasteiger partial charge in [-0.3, -0.25) is 4.79 Å². The second-order valence-electron chi connectivity index (χ2n) is 6.19. The third-order valence-electron chi connectivity index (χ3n) is 4.26. The Morgan fingerprint density at radius 3 is 2.52 bits per heavy atom. The van der Waals surface area contributed by atoms with Gasteiger partial charge in [0.25, 0.3) is 5.91 Å². The van der Waals surface area contributed by atoms with E-state index in [0.29, 0.717) is 35.6 Å². The first-order chi connectivity index (χ1) is 14.1. The average molecular weight is 393 g/mol. The topological polar surface area (TPSA) is 80.3 Å². The van der Waals surface area contributed by atoms with Crippen LogP contribution in [0.3, 0.4) is 0 Å². The summed E-state index contributed by atoms with van der Waals surface area (Å²) in [5.41, 5.74) is 1.59. The summed E-state index contributed by atoms with van der Waals surface area (Å²) in [5.74, 6) is -0.588. The number of ether oxygens (including phenoxy) is 1. The number of amides is 1. The van der Waals surface area contributed by atoms with Gasteiger partial charge in [-0.25, -0.2) is 14.2 Å². The van der Waals surface area contributed by atoms with Gasteiger partial charge in [0.1, 0.15) is 11.6 Å². The van der Waals surface area contributed by atoms with Gasteiger partial charge in [-0.1, -0.05) is 30.3 Å². The first kappa shape index (κ1) is 20.0. The van der Waals surface area contributed by atoms with Crippen molar-refractivity contribution >= 4 is 23.4 Å². The predicted molar refractivity (Wildman–Crippen MR) is 109 cm³/mol. The first-order valence-electron chi connectivity index (χ1n) is 9.00. The monoisotopic (exact) mass is 393 g/mol. The van der Waals surface area contributed by atoms with Crippen LogP contribution in [0.1, 0.15) is 26.3 Å². The number of hydrogen-bond acceptors (Lipinski definition) is 5. The Morgan fingerprint density at radius 2 is 1.79 bits per heavy atom. The van der Waals surface area contributed by atoms with E-state index in [9.17, 15) is 14.0 Å². The molecule has 2 N–H and O–H groups in total. The number of methoxy groups -OCH3 is 1. The van der Waals surface area contributed by atoms with Crippen LogP contribution < -0.4 is 10.6 Å². The summed E-state index contributed by atoms with van der Waals surface area (Å²) in [6.45, 7) is 0.506. The third-order valence-corrected chi connectivity index (χ3v) is 4.26. The van der Waals surface area contributed by atoms with Crippen LogP contribution in [0.15, 0.2) is 66.9 Å². The summed E-state index contributed by atoms with van der Waals surface area (Å²) < 4.78 is 18.3. The molecule has 0 fully saturated rings. The fourth-order valence-corrected chi connectivity index (χ4v) is 2.73. The summed E-state index contributed by atoms with van der Waals surface area (Å²) in [6.07, 6.45) is 1.95. The molecular formula is C22H20FN3O3. The summed E-state index contributed by atoms with van der Waals surface area (Å²) >= 11 is 0. The van der Waals surface area contributed by atoms with Gasteiger partial charge < -0.3 is 15.4 Å². The van der Waals surface area contributed by atoms with E-state index < -0.39 is 11.9 Å². The van der Waals surface area contributed by atoms with E-state index in [1.807, 2.05) is 0 Å². The molecule has 148 valence electrons. The molecule has 0 bridgehead atoms. The molecule has 6 nitrogen and oxygen atoms in total. The Labute approximate surface area is 167 Å². The van der Waals surface area contributed by atoms with Crippen molar-refractivity contribution in [3.05, 3.63) is 89.4 Å². The van der Waals surface area contributed by atoms with Crippen LogP contribution in [0.4, 0.5) is 15.9 Å². The number of anilines is 2. The molecular weight excluding hydrogens is 373 g/mol. The molecule has 0 saturated carbocycles. The zero-order valence-electron chi connectivity index (χ0n) is 15.8. The number of halogens is 1. The second-order valence-corrected chi connectivity index (χ2v) is 6.19. The number of rotatable bonds is 7. The number of esters is 1. The van der Waals surface area contributed by atoms with Gasteiger partial charge in [-0.2, -0.15) is 0 Å². The maximum atomic E-state index is 13.6. The lowest BCUT2D eigenvalue weighted by atomic mass is 10.1. The molecule has 7 heteroatoms. The lowest BCUT2D eigenvalue weighted by Crippen LogP contribution is -2.16. The molecule has 29 heavy (non-hydrogen) atoms. The summed E-state index contributed by atoms with van der Waals surface area (Å²) in [7, 11) is 1.28. The Kier molecular flexibility index (Phi) is 6.52. The van der Waals surface area contributed by atoms with Crippen molar-refractivity contribution in [2.45, 2.75) is 6.42 Å². The molecule has 0 saturated heterocycles. The highest BCUT2D eigenvalue weighted by Gasteiger charge is 2.14. The minimum absolute atomic E-state index is 0.235. The Balaban J connectivity index is 1.59. The van der Waals surface area contributed by atoms with E-state index in [4.69, 9.17) is 4.74 Å². The number of nitrogens with zero attached hydrogens (tertiary/aromatic N) is 1.